The van der Waals surface area contributed by atoms with Crippen molar-refractivity contribution >= 4 is 44.6 Å². The molecule has 0 saturated heterocycles. The van der Waals surface area contributed by atoms with Gasteiger partial charge in [0.05, 0.1) is 12.9 Å². The number of aromatic nitrogens is 5. The molecular weight excluding hydrogens is 372 g/mol. The number of rotatable bonds is 2. The van der Waals surface area contributed by atoms with E-state index in [2.05, 4.69) is 35.9 Å². The number of nitrogen functional groups attached to an aromatic ring is 1. The van der Waals surface area contributed by atoms with Gasteiger partial charge < -0.3 is 15.4 Å². The Labute approximate surface area is 139 Å². The van der Waals surface area contributed by atoms with E-state index in [1.54, 1.807) is 10.9 Å². The minimum atomic E-state index is 0.0673. The average Bonchev–Trinajstić information content (AvgIpc) is 2.86. The molecule has 0 aliphatic heterocycles. The highest BCUT2D eigenvalue weighted by molar-refractivity contribution is 9.10. The number of halogens is 2. The minimum Gasteiger partial charge on any atom is -0.506 e. The van der Waals surface area contributed by atoms with E-state index in [4.69, 9.17) is 17.3 Å². The summed E-state index contributed by atoms with van der Waals surface area (Å²) in [6.45, 7) is 4.01. The van der Waals surface area contributed by atoms with E-state index in [-0.39, 0.29) is 23.4 Å². The monoisotopic (exact) mass is 382 g/mol. The summed E-state index contributed by atoms with van der Waals surface area (Å²) in [4.78, 5) is 16.6. The molecule has 3 rings (SSSR count). The standard InChI is InChI=1S/C13H12BrClN6O/c1-5-6(2)10(14)18-7(9(5)22)3-21-4-17-8-11(15)19-13(16)20-12(8)21/h4,22H,3H2,1-2H3,(H2,16,19,20). The summed E-state index contributed by atoms with van der Waals surface area (Å²) in [5.41, 5.74) is 8.74. The second-order valence-electron chi connectivity index (χ2n) is 4.87. The molecule has 3 heterocycles. The zero-order valence-electron chi connectivity index (χ0n) is 11.8. The van der Waals surface area contributed by atoms with Crippen LogP contribution in [0.4, 0.5) is 5.95 Å². The molecule has 0 unspecified atom stereocenters. The number of imidazole rings is 1. The highest BCUT2D eigenvalue weighted by Gasteiger charge is 2.16. The molecule has 0 bridgehead atoms. The lowest BCUT2D eigenvalue weighted by Gasteiger charge is -2.11. The van der Waals surface area contributed by atoms with Gasteiger partial charge in [-0.1, -0.05) is 11.6 Å². The first-order valence-electron chi connectivity index (χ1n) is 6.37. The lowest BCUT2D eigenvalue weighted by molar-refractivity contribution is 0.456. The van der Waals surface area contributed by atoms with E-state index in [0.717, 1.165) is 11.1 Å². The first-order chi connectivity index (χ1) is 10.4. The number of hydrogen-bond acceptors (Lipinski definition) is 6. The van der Waals surface area contributed by atoms with Gasteiger partial charge in [0.15, 0.2) is 10.8 Å². The van der Waals surface area contributed by atoms with Crippen molar-refractivity contribution in [3.8, 4) is 5.75 Å². The Morgan fingerprint density at radius 1 is 1.27 bits per heavy atom. The molecule has 3 N–H and O–H groups in total. The predicted octanol–water partition coefficient (Wildman–Crippen LogP) is 2.59. The molecule has 9 heteroatoms. The zero-order valence-corrected chi connectivity index (χ0v) is 14.1. The number of hydrogen-bond donors (Lipinski definition) is 2. The number of nitrogens with zero attached hydrogens (tertiary/aromatic N) is 5. The van der Waals surface area contributed by atoms with Crippen LogP contribution in [0.3, 0.4) is 0 Å². The molecule has 0 atom stereocenters. The molecule has 3 aromatic rings. The van der Waals surface area contributed by atoms with Gasteiger partial charge in [0.2, 0.25) is 5.95 Å². The van der Waals surface area contributed by atoms with Crippen LogP contribution in [0.1, 0.15) is 16.8 Å². The topological polar surface area (TPSA) is 103 Å². The second-order valence-corrected chi connectivity index (χ2v) is 5.97. The number of anilines is 1. The van der Waals surface area contributed by atoms with Gasteiger partial charge in [-0.25, -0.2) is 9.97 Å². The number of fused-ring (bicyclic) bond motifs is 1. The first kappa shape index (κ1) is 15.0. The van der Waals surface area contributed by atoms with Crippen LogP contribution in [0.25, 0.3) is 11.2 Å². The average molecular weight is 384 g/mol. The van der Waals surface area contributed by atoms with Gasteiger partial charge in [-0.05, 0) is 40.9 Å². The highest BCUT2D eigenvalue weighted by atomic mass is 79.9. The summed E-state index contributed by atoms with van der Waals surface area (Å²) >= 11 is 9.40. The SMILES string of the molecule is Cc1c(Br)nc(Cn2cnc3c(Cl)nc(N)nc32)c(O)c1C. The summed E-state index contributed by atoms with van der Waals surface area (Å²) in [6.07, 6.45) is 1.56. The molecule has 114 valence electrons. The fourth-order valence-electron chi connectivity index (χ4n) is 2.12. The molecule has 0 fully saturated rings. The van der Waals surface area contributed by atoms with Crippen molar-refractivity contribution in [3.63, 3.8) is 0 Å². The van der Waals surface area contributed by atoms with Crippen LogP contribution >= 0.6 is 27.5 Å². The van der Waals surface area contributed by atoms with Crippen molar-refractivity contribution in [2.24, 2.45) is 0 Å². The Bertz CT molecular complexity index is 894. The van der Waals surface area contributed by atoms with Gasteiger partial charge in [-0.15, -0.1) is 0 Å². The van der Waals surface area contributed by atoms with Crippen LogP contribution < -0.4 is 5.73 Å². The largest absolute Gasteiger partial charge is 0.506 e. The molecule has 0 spiro atoms. The molecule has 22 heavy (non-hydrogen) atoms. The van der Waals surface area contributed by atoms with Gasteiger partial charge in [-0.2, -0.15) is 9.97 Å². The van der Waals surface area contributed by atoms with E-state index in [0.29, 0.717) is 21.5 Å². The van der Waals surface area contributed by atoms with Gasteiger partial charge in [0.1, 0.15) is 21.6 Å². The number of aromatic hydroxyl groups is 1. The van der Waals surface area contributed by atoms with Gasteiger partial charge in [0.25, 0.3) is 0 Å². The van der Waals surface area contributed by atoms with Gasteiger partial charge >= 0.3 is 0 Å². The Kier molecular flexibility index (Phi) is 3.65. The quantitative estimate of drug-likeness (QED) is 0.521. The van der Waals surface area contributed by atoms with E-state index in [9.17, 15) is 5.11 Å². The molecule has 0 saturated carbocycles. The Morgan fingerprint density at radius 3 is 2.73 bits per heavy atom. The molecule has 7 nitrogen and oxygen atoms in total. The summed E-state index contributed by atoms with van der Waals surface area (Å²) < 4.78 is 2.40. The maximum Gasteiger partial charge on any atom is 0.223 e. The van der Waals surface area contributed by atoms with E-state index < -0.39 is 0 Å². The second kappa shape index (κ2) is 5.36. The third-order valence-corrected chi connectivity index (χ3v) is 4.53. The van der Waals surface area contributed by atoms with Crippen LogP contribution in [-0.2, 0) is 6.54 Å². The molecule has 0 aliphatic rings. The van der Waals surface area contributed by atoms with Crippen molar-refractivity contribution in [1.29, 1.82) is 0 Å². The van der Waals surface area contributed by atoms with Crippen molar-refractivity contribution < 1.29 is 5.11 Å². The molecule has 0 aliphatic carbocycles. The highest BCUT2D eigenvalue weighted by Crippen LogP contribution is 2.29. The van der Waals surface area contributed by atoms with Crippen molar-refractivity contribution in [2.45, 2.75) is 20.4 Å². The molecule has 0 amide bonds. The normalized spacial score (nSPS) is 11.3. The lowest BCUT2D eigenvalue weighted by atomic mass is 10.1. The van der Waals surface area contributed by atoms with Crippen molar-refractivity contribution in [3.05, 3.63) is 32.9 Å². The molecule has 0 radical (unpaired) electrons. The van der Waals surface area contributed by atoms with Gasteiger partial charge in [0, 0.05) is 0 Å². The summed E-state index contributed by atoms with van der Waals surface area (Å²) in [7, 11) is 0. The summed E-state index contributed by atoms with van der Waals surface area (Å²) in [6, 6.07) is 0. The van der Waals surface area contributed by atoms with Crippen molar-refractivity contribution in [1.82, 2.24) is 24.5 Å². The fraction of sp³-hybridized carbons (Fsp3) is 0.231. The van der Waals surface area contributed by atoms with E-state index in [1.807, 2.05) is 13.8 Å². The Morgan fingerprint density at radius 2 is 2.00 bits per heavy atom. The first-order valence-corrected chi connectivity index (χ1v) is 7.54. The summed E-state index contributed by atoms with van der Waals surface area (Å²) in [5.74, 6) is 0.216. The van der Waals surface area contributed by atoms with Crippen LogP contribution in [0, 0.1) is 13.8 Å². The van der Waals surface area contributed by atoms with E-state index in [1.165, 1.54) is 0 Å². The Hall–Kier alpha value is -1.93. The van der Waals surface area contributed by atoms with Crippen LogP contribution in [0.5, 0.6) is 5.75 Å². The zero-order chi connectivity index (χ0) is 16.0. The van der Waals surface area contributed by atoms with Crippen LogP contribution in [-0.4, -0.2) is 29.6 Å². The maximum atomic E-state index is 10.3. The number of nitrogens with two attached hydrogens (primary N) is 1. The Balaban J connectivity index is 2.12. The molecule has 0 aromatic carbocycles. The van der Waals surface area contributed by atoms with E-state index >= 15 is 0 Å². The number of pyridine rings is 1. The third-order valence-electron chi connectivity index (χ3n) is 3.49. The fourth-order valence-corrected chi connectivity index (χ4v) is 2.85. The van der Waals surface area contributed by atoms with Crippen LogP contribution in [0.2, 0.25) is 5.15 Å². The van der Waals surface area contributed by atoms with Crippen molar-refractivity contribution in [2.75, 3.05) is 5.73 Å². The minimum absolute atomic E-state index is 0.0673. The third kappa shape index (κ3) is 2.38. The molecule has 3 aromatic heterocycles. The smallest absolute Gasteiger partial charge is 0.223 e. The van der Waals surface area contributed by atoms with Gasteiger partial charge in [-0.3, -0.25) is 0 Å². The van der Waals surface area contributed by atoms with Crippen LogP contribution in [0.15, 0.2) is 10.9 Å². The predicted molar refractivity (Wildman–Crippen MR) is 86.9 cm³/mol. The summed E-state index contributed by atoms with van der Waals surface area (Å²) in [5, 5.41) is 10.5. The maximum absolute atomic E-state index is 10.3. The molecular formula is C13H12BrClN6O. The lowest BCUT2D eigenvalue weighted by Crippen LogP contribution is -2.05.